The zero-order valence-electron chi connectivity index (χ0n) is 17.0. The molecule has 0 unspecified atom stereocenters. The van der Waals surface area contributed by atoms with Gasteiger partial charge in [-0.3, -0.25) is 4.79 Å². The Labute approximate surface area is 198 Å². The molecule has 1 heterocycles. The van der Waals surface area contributed by atoms with Crippen LogP contribution in [0, 0.1) is 9.39 Å². The average Bonchev–Trinajstić information content (AvgIpc) is 3.03. The first kappa shape index (κ1) is 20.5. The van der Waals surface area contributed by atoms with Crippen molar-refractivity contribution in [2.24, 2.45) is 0 Å². The molecule has 0 aromatic heterocycles. The SMILES string of the molecule is O=C(Nc1ccc(N2C=CCNc3c2ccc2ccccc32)cc1F)c1ccccc1I. The highest BCUT2D eigenvalue weighted by Gasteiger charge is 2.18. The Bertz CT molecular complexity index is 1370. The van der Waals surface area contributed by atoms with Crippen molar-refractivity contribution in [3.8, 4) is 0 Å². The Morgan fingerprint density at radius 1 is 1.00 bits per heavy atom. The molecule has 1 amide bonds. The van der Waals surface area contributed by atoms with Crippen LogP contribution in [0.15, 0.2) is 91.1 Å². The molecule has 0 radical (unpaired) electrons. The van der Waals surface area contributed by atoms with Crippen LogP contribution in [0.1, 0.15) is 10.4 Å². The van der Waals surface area contributed by atoms with E-state index >= 15 is 4.39 Å². The number of fused-ring (bicyclic) bond motifs is 3. The molecule has 4 aromatic rings. The van der Waals surface area contributed by atoms with Gasteiger partial charge in [0.05, 0.1) is 22.6 Å². The molecule has 0 saturated heterocycles. The van der Waals surface area contributed by atoms with Gasteiger partial charge in [0.2, 0.25) is 0 Å². The third-order valence-electron chi connectivity index (χ3n) is 5.42. The Hall–Kier alpha value is -3.39. The summed E-state index contributed by atoms with van der Waals surface area (Å²) in [4.78, 5) is 14.5. The van der Waals surface area contributed by atoms with Crippen molar-refractivity contribution < 1.29 is 9.18 Å². The van der Waals surface area contributed by atoms with Crippen molar-refractivity contribution in [3.63, 3.8) is 0 Å². The second-order valence-electron chi connectivity index (χ2n) is 7.41. The summed E-state index contributed by atoms with van der Waals surface area (Å²) in [5, 5.41) is 8.40. The van der Waals surface area contributed by atoms with Crippen molar-refractivity contribution in [1.82, 2.24) is 0 Å². The van der Waals surface area contributed by atoms with Gasteiger partial charge in [0, 0.05) is 33.5 Å². The van der Waals surface area contributed by atoms with Gasteiger partial charge in [0.25, 0.3) is 5.91 Å². The summed E-state index contributed by atoms with van der Waals surface area (Å²) < 4.78 is 15.8. The zero-order valence-corrected chi connectivity index (χ0v) is 19.1. The standard InChI is InChI=1S/C26H19FIN3O/c27-21-16-18(11-12-23(21)30-26(32)20-8-3-4-9-22(20)28)31-15-5-14-29-25-19-7-2-1-6-17(19)10-13-24(25)31/h1-13,15-16,29H,14H2,(H,30,32). The third kappa shape index (κ3) is 3.82. The lowest BCUT2D eigenvalue weighted by Gasteiger charge is -2.23. The molecule has 1 aliphatic heterocycles. The number of halogens is 2. The quantitative estimate of drug-likeness (QED) is 0.280. The first-order valence-corrected chi connectivity index (χ1v) is 11.3. The highest BCUT2D eigenvalue weighted by molar-refractivity contribution is 14.1. The lowest BCUT2D eigenvalue weighted by Crippen LogP contribution is -2.15. The number of nitrogens with one attached hydrogen (secondary N) is 2. The summed E-state index contributed by atoms with van der Waals surface area (Å²) in [7, 11) is 0. The summed E-state index contributed by atoms with van der Waals surface area (Å²) in [6, 6.07) is 24.3. The van der Waals surface area contributed by atoms with E-state index in [1.165, 1.54) is 6.07 Å². The van der Waals surface area contributed by atoms with Gasteiger partial charge in [-0.25, -0.2) is 4.39 Å². The van der Waals surface area contributed by atoms with Gasteiger partial charge < -0.3 is 15.5 Å². The van der Waals surface area contributed by atoms with Crippen LogP contribution in [0.25, 0.3) is 10.8 Å². The number of carbonyl (C=O) groups excluding carboxylic acids is 1. The number of nitrogens with zero attached hydrogens (tertiary/aromatic N) is 1. The van der Waals surface area contributed by atoms with Gasteiger partial charge in [-0.15, -0.1) is 0 Å². The number of amides is 1. The number of carbonyl (C=O) groups is 1. The summed E-state index contributed by atoms with van der Waals surface area (Å²) in [6.07, 6.45) is 3.94. The van der Waals surface area contributed by atoms with Crippen molar-refractivity contribution >= 4 is 62.0 Å². The molecule has 158 valence electrons. The molecule has 0 spiro atoms. The minimum atomic E-state index is -0.491. The largest absolute Gasteiger partial charge is 0.379 e. The topological polar surface area (TPSA) is 44.4 Å². The van der Waals surface area contributed by atoms with E-state index < -0.39 is 5.82 Å². The highest BCUT2D eigenvalue weighted by Crippen LogP contribution is 2.39. The molecular formula is C26H19FIN3O. The number of benzene rings is 4. The molecule has 0 atom stereocenters. The maximum Gasteiger partial charge on any atom is 0.256 e. The predicted octanol–water partition coefficient (Wildman–Crippen LogP) is 6.91. The van der Waals surface area contributed by atoms with Crippen LogP contribution in [0.3, 0.4) is 0 Å². The summed E-state index contributed by atoms with van der Waals surface area (Å²) in [6.45, 7) is 0.670. The minimum Gasteiger partial charge on any atom is -0.379 e. The minimum absolute atomic E-state index is 0.147. The maximum absolute atomic E-state index is 15.0. The highest BCUT2D eigenvalue weighted by atomic mass is 127. The van der Waals surface area contributed by atoms with Crippen LogP contribution in [0.5, 0.6) is 0 Å². The summed E-state index contributed by atoms with van der Waals surface area (Å²) in [5.41, 5.74) is 3.27. The van der Waals surface area contributed by atoms with Crippen LogP contribution in [0.2, 0.25) is 0 Å². The van der Waals surface area contributed by atoms with Gasteiger partial charge in [0.1, 0.15) is 5.82 Å². The monoisotopic (exact) mass is 535 g/mol. The smallest absolute Gasteiger partial charge is 0.256 e. The number of hydrogen-bond acceptors (Lipinski definition) is 3. The van der Waals surface area contributed by atoms with E-state index in [4.69, 9.17) is 0 Å². The van der Waals surface area contributed by atoms with Crippen molar-refractivity contribution in [2.75, 3.05) is 22.1 Å². The molecule has 32 heavy (non-hydrogen) atoms. The fourth-order valence-electron chi connectivity index (χ4n) is 3.86. The molecule has 0 fully saturated rings. The first-order valence-electron chi connectivity index (χ1n) is 10.2. The van der Waals surface area contributed by atoms with Gasteiger partial charge >= 0.3 is 0 Å². The Kier molecular flexibility index (Phi) is 5.53. The van der Waals surface area contributed by atoms with Crippen molar-refractivity contribution in [1.29, 1.82) is 0 Å². The fraction of sp³-hybridized carbons (Fsp3) is 0.0385. The molecule has 4 nitrogen and oxygen atoms in total. The van der Waals surface area contributed by atoms with E-state index in [9.17, 15) is 4.79 Å². The molecule has 4 aromatic carbocycles. The molecule has 6 heteroatoms. The van der Waals surface area contributed by atoms with E-state index in [1.54, 1.807) is 18.2 Å². The van der Waals surface area contributed by atoms with Crippen LogP contribution < -0.4 is 15.5 Å². The Morgan fingerprint density at radius 2 is 1.81 bits per heavy atom. The molecule has 0 aliphatic carbocycles. The molecule has 0 saturated carbocycles. The van der Waals surface area contributed by atoms with E-state index in [0.29, 0.717) is 17.8 Å². The van der Waals surface area contributed by atoms with Gasteiger partial charge in [-0.2, -0.15) is 0 Å². The molecule has 2 N–H and O–H groups in total. The second-order valence-corrected chi connectivity index (χ2v) is 8.58. The summed E-state index contributed by atoms with van der Waals surface area (Å²) in [5.74, 6) is -0.827. The van der Waals surface area contributed by atoms with Crippen LogP contribution in [-0.4, -0.2) is 12.5 Å². The normalized spacial score (nSPS) is 12.8. The van der Waals surface area contributed by atoms with Gasteiger partial charge in [-0.05, 0) is 64.4 Å². The lowest BCUT2D eigenvalue weighted by molar-refractivity contribution is 0.102. The Balaban J connectivity index is 1.49. The molecule has 1 aliphatic rings. The van der Waals surface area contributed by atoms with Gasteiger partial charge in [-0.1, -0.05) is 42.5 Å². The number of hydrogen-bond donors (Lipinski definition) is 2. The van der Waals surface area contributed by atoms with E-state index in [0.717, 1.165) is 25.7 Å². The average molecular weight is 535 g/mol. The van der Waals surface area contributed by atoms with Crippen molar-refractivity contribution in [3.05, 3.63) is 106 Å². The lowest BCUT2D eigenvalue weighted by atomic mass is 10.1. The number of anilines is 4. The van der Waals surface area contributed by atoms with Crippen molar-refractivity contribution in [2.45, 2.75) is 0 Å². The Morgan fingerprint density at radius 3 is 2.66 bits per heavy atom. The van der Waals surface area contributed by atoms with Gasteiger partial charge in [0.15, 0.2) is 0 Å². The molecular weight excluding hydrogens is 516 g/mol. The molecule has 5 rings (SSSR count). The fourth-order valence-corrected chi connectivity index (χ4v) is 4.49. The zero-order chi connectivity index (χ0) is 22.1. The number of rotatable bonds is 3. The van der Waals surface area contributed by atoms with E-state index in [2.05, 4.69) is 51.4 Å². The molecule has 0 bridgehead atoms. The predicted molar refractivity (Wildman–Crippen MR) is 137 cm³/mol. The first-order chi connectivity index (χ1) is 15.6. The maximum atomic E-state index is 15.0. The second kappa shape index (κ2) is 8.63. The van der Waals surface area contributed by atoms with E-state index in [-0.39, 0.29) is 11.6 Å². The van der Waals surface area contributed by atoms with Crippen LogP contribution in [0.4, 0.5) is 27.1 Å². The van der Waals surface area contributed by atoms with E-state index in [1.807, 2.05) is 53.6 Å². The van der Waals surface area contributed by atoms with Crippen LogP contribution in [-0.2, 0) is 0 Å². The van der Waals surface area contributed by atoms with Crippen LogP contribution >= 0.6 is 22.6 Å². The third-order valence-corrected chi connectivity index (χ3v) is 6.36. The summed E-state index contributed by atoms with van der Waals surface area (Å²) >= 11 is 2.10.